The summed E-state index contributed by atoms with van der Waals surface area (Å²) in [6.45, 7) is 20.6. The Bertz CT molecular complexity index is 1230. The summed E-state index contributed by atoms with van der Waals surface area (Å²) in [6, 6.07) is 13.3. The number of piperazine rings is 2. The Kier molecular flexibility index (Phi) is 11.0. The summed E-state index contributed by atoms with van der Waals surface area (Å²) in [4.78, 5) is 32.2. The molecule has 4 rings (SSSR count). The quantitative estimate of drug-likeness (QED) is 0.339. The molecule has 0 spiro atoms. The SMILES string of the molecule is C=CC(=O)N1CCN(Cc2c(F)cc(C(C)C)cc2CC(C)c2ccc(C(CC)N3CCN(C(C)=O)CC3)cc2)CC1. The van der Waals surface area contributed by atoms with Crippen LogP contribution in [0.2, 0.25) is 0 Å². The second-order valence-corrected chi connectivity index (χ2v) is 12.3. The molecule has 2 aliphatic rings. The standard InChI is InChI=1S/C35H49FN4O2/c1-7-34(39-19-17-38(18-20-39)27(6)41)29-11-9-28(10-12-29)26(5)21-31-22-30(25(3)4)23-33(36)32(31)24-37-13-15-40(16-14-37)35(42)8-2/h8-12,22-23,25-26,34H,2,7,13-21,24H2,1,3-6H3. The lowest BCUT2D eigenvalue weighted by Crippen LogP contribution is -2.49. The monoisotopic (exact) mass is 576 g/mol. The van der Waals surface area contributed by atoms with Gasteiger partial charge in [-0.3, -0.25) is 19.4 Å². The zero-order chi connectivity index (χ0) is 30.4. The summed E-state index contributed by atoms with van der Waals surface area (Å²) in [5, 5.41) is 0. The Hall–Kier alpha value is -3.03. The molecule has 0 bridgehead atoms. The van der Waals surface area contributed by atoms with E-state index in [2.05, 4.69) is 74.4 Å². The van der Waals surface area contributed by atoms with Crippen LogP contribution in [0.5, 0.6) is 0 Å². The summed E-state index contributed by atoms with van der Waals surface area (Å²) < 4.78 is 15.6. The van der Waals surface area contributed by atoms with E-state index in [9.17, 15) is 9.59 Å². The molecule has 2 aromatic rings. The smallest absolute Gasteiger partial charge is 0.246 e. The van der Waals surface area contributed by atoms with E-state index >= 15 is 4.39 Å². The van der Waals surface area contributed by atoms with Gasteiger partial charge in [0.1, 0.15) is 5.82 Å². The number of amides is 2. The van der Waals surface area contributed by atoms with Crippen molar-refractivity contribution in [3.8, 4) is 0 Å². The fourth-order valence-corrected chi connectivity index (χ4v) is 6.44. The molecule has 2 saturated heterocycles. The molecular formula is C35H49FN4O2. The van der Waals surface area contributed by atoms with Crippen molar-refractivity contribution in [1.29, 1.82) is 0 Å². The molecule has 0 radical (unpaired) electrons. The van der Waals surface area contributed by atoms with Gasteiger partial charge in [0.05, 0.1) is 0 Å². The van der Waals surface area contributed by atoms with Crippen molar-refractivity contribution in [3.63, 3.8) is 0 Å². The Morgan fingerprint density at radius 3 is 2.02 bits per heavy atom. The number of rotatable bonds is 10. The number of carbonyl (C=O) groups excluding carboxylic acids is 2. The van der Waals surface area contributed by atoms with Crippen molar-refractivity contribution >= 4 is 11.8 Å². The lowest BCUT2D eigenvalue weighted by Gasteiger charge is -2.39. The van der Waals surface area contributed by atoms with E-state index in [4.69, 9.17) is 0 Å². The molecule has 2 amide bonds. The maximum Gasteiger partial charge on any atom is 0.246 e. The van der Waals surface area contributed by atoms with Crippen LogP contribution in [-0.4, -0.2) is 83.8 Å². The van der Waals surface area contributed by atoms with Crippen LogP contribution < -0.4 is 0 Å². The minimum atomic E-state index is -0.126. The van der Waals surface area contributed by atoms with Crippen molar-refractivity contribution in [1.82, 2.24) is 19.6 Å². The number of hydrogen-bond acceptors (Lipinski definition) is 4. The first-order chi connectivity index (χ1) is 20.1. The van der Waals surface area contributed by atoms with Gasteiger partial charge in [0, 0.05) is 77.4 Å². The van der Waals surface area contributed by atoms with Crippen LogP contribution in [0.3, 0.4) is 0 Å². The molecule has 0 saturated carbocycles. The molecule has 2 heterocycles. The number of hydrogen-bond donors (Lipinski definition) is 0. The minimum Gasteiger partial charge on any atom is -0.340 e. The summed E-state index contributed by atoms with van der Waals surface area (Å²) >= 11 is 0. The van der Waals surface area contributed by atoms with Gasteiger partial charge in [-0.1, -0.05) is 64.6 Å². The van der Waals surface area contributed by atoms with Crippen molar-refractivity contribution < 1.29 is 14.0 Å². The highest BCUT2D eigenvalue weighted by atomic mass is 19.1. The van der Waals surface area contributed by atoms with Gasteiger partial charge in [-0.15, -0.1) is 0 Å². The van der Waals surface area contributed by atoms with E-state index in [1.807, 2.05) is 9.80 Å². The summed E-state index contributed by atoms with van der Waals surface area (Å²) in [5.41, 5.74) is 5.46. The molecule has 0 N–H and O–H groups in total. The van der Waals surface area contributed by atoms with Crippen LogP contribution in [0, 0.1) is 5.82 Å². The Morgan fingerprint density at radius 1 is 0.881 bits per heavy atom. The van der Waals surface area contributed by atoms with Crippen molar-refractivity contribution in [2.75, 3.05) is 52.4 Å². The first-order valence-corrected chi connectivity index (χ1v) is 15.7. The number of benzene rings is 2. The van der Waals surface area contributed by atoms with Gasteiger partial charge in [0.2, 0.25) is 11.8 Å². The van der Waals surface area contributed by atoms with Gasteiger partial charge in [0.15, 0.2) is 0 Å². The minimum absolute atomic E-state index is 0.0385. The molecule has 0 aliphatic carbocycles. The van der Waals surface area contributed by atoms with Crippen molar-refractivity contribution in [2.24, 2.45) is 0 Å². The highest BCUT2D eigenvalue weighted by Gasteiger charge is 2.26. The molecule has 6 nitrogen and oxygen atoms in total. The van der Waals surface area contributed by atoms with E-state index in [0.29, 0.717) is 25.7 Å². The average molecular weight is 577 g/mol. The highest BCUT2D eigenvalue weighted by Crippen LogP contribution is 2.31. The molecule has 42 heavy (non-hydrogen) atoms. The highest BCUT2D eigenvalue weighted by molar-refractivity contribution is 5.87. The van der Waals surface area contributed by atoms with Crippen molar-refractivity contribution in [2.45, 2.75) is 71.9 Å². The van der Waals surface area contributed by atoms with Crippen LogP contribution in [-0.2, 0) is 22.6 Å². The molecule has 2 atom stereocenters. The van der Waals surface area contributed by atoms with Gasteiger partial charge < -0.3 is 9.80 Å². The van der Waals surface area contributed by atoms with Crippen LogP contribution >= 0.6 is 0 Å². The second-order valence-electron chi connectivity index (χ2n) is 12.3. The Balaban J connectivity index is 1.47. The van der Waals surface area contributed by atoms with Crippen LogP contribution in [0.25, 0.3) is 0 Å². The fourth-order valence-electron chi connectivity index (χ4n) is 6.44. The van der Waals surface area contributed by atoms with Crippen LogP contribution in [0.15, 0.2) is 49.1 Å². The van der Waals surface area contributed by atoms with Crippen LogP contribution in [0.4, 0.5) is 4.39 Å². The third kappa shape index (κ3) is 7.67. The zero-order valence-corrected chi connectivity index (χ0v) is 26.2. The van der Waals surface area contributed by atoms with E-state index < -0.39 is 0 Å². The lowest BCUT2D eigenvalue weighted by atomic mass is 9.87. The molecule has 2 fully saturated rings. The number of carbonyl (C=O) groups is 2. The molecule has 7 heteroatoms. The normalized spacial score (nSPS) is 18.3. The van der Waals surface area contributed by atoms with Gasteiger partial charge in [-0.25, -0.2) is 4.39 Å². The zero-order valence-electron chi connectivity index (χ0n) is 26.2. The maximum absolute atomic E-state index is 15.6. The van der Waals surface area contributed by atoms with E-state index in [0.717, 1.165) is 68.8 Å². The second kappa shape index (κ2) is 14.4. The first kappa shape index (κ1) is 31.9. The summed E-state index contributed by atoms with van der Waals surface area (Å²) in [7, 11) is 0. The van der Waals surface area contributed by atoms with Gasteiger partial charge in [-0.05, 0) is 59.1 Å². The van der Waals surface area contributed by atoms with E-state index in [-0.39, 0.29) is 29.5 Å². The molecule has 0 aromatic heterocycles. The van der Waals surface area contributed by atoms with Gasteiger partial charge in [-0.2, -0.15) is 0 Å². The first-order valence-electron chi connectivity index (χ1n) is 15.7. The molecule has 2 aromatic carbocycles. The molecule has 2 aliphatic heterocycles. The summed E-state index contributed by atoms with van der Waals surface area (Å²) in [5.74, 6) is 0.479. The third-order valence-corrected chi connectivity index (χ3v) is 9.22. The number of halogens is 1. The molecule has 228 valence electrons. The van der Waals surface area contributed by atoms with Gasteiger partial charge in [0.25, 0.3) is 0 Å². The van der Waals surface area contributed by atoms with Crippen molar-refractivity contribution in [3.05, 3.63) is 82.7 Å². The third-order valence-electron chi connectivity index (χ3n) is 9.22. The summed E-state index contributed by atoms with van der Waals surface area (Å²) in [6.07, 6.45) is 3.16. The Morgan fingerprint density at radius 2 is 1.48 bits per heavy atom. The molecular weight excluding hydrogens is 527 g/mol. The number of nitrogens with zero attached hydrogens (tertiary/aromatic N) is 4. The average Bonchev–Trinajstić information content (AvgIpc) is 2.99. The Labute approximate surface area is 252 Å². The predicted molar refractivity (Wildman–Crippen MR) is 168 cm³/mol. The topological polar surface area (TPSA) is 47.1 Å². The van der Waals surface area contributed by atoms with E-state index in [1.165, 1.54) is 17.2 Å². The molecule has 2 unspecified atom stereocenters. The maximum atomic E-state index is 15.6. The predicted octanol–water partition coefficient (Wildman–Crippen LogP) is 5.74. The van der Waals surface area contributed by atoms with Crippen LogP contribution in [0.1, 0.15) is 86.7 Å². The largest absolute Gasteiger partial charge is 0.340 e. The van der Waals surface area contributed by atoms with Gasteiger partial charge >= 0.3 is 0 Å². The lowest BCUT2D eigenvalue weighted by molar-refractivity contribution is -0.131. The van der Waals surface area contributed by atoms with E-state index in [1.54, 1.807) is 13.0 Å². The fraction of sp³-hybridized carbons (Fsp3) is 0.543.